The highest BCUT2D eigenvalue weighted by molar-refractivity contribution is 6.24. The summed E-state index contributed by atoms with van der Waals surface area (Å²) in [7, 11) is 3.39. The minimum atomic E-state index is -0.864. The zero-order chi connectivity index (χ0) is 30.7. The molecule has 1 saturated heterocycles. The van der Waals surface area contributed by atoms with Gasteiger partial charge < -0.3 is 29.3 Å². The predicted molar refractivity (Wildman–Crippen MR) is 161 cm³/mol. The van der Waals surface area contributed by atoms with Gasteiger partial charge in [0.25, 0.3) is 0 Å². The quantitative estimate of drug-likeness (QED) is 0.101. The fraction of sp³-hybridized carbons (Fsp3) is 0.677. The highest BCUT2D eigenvalue weighted by Gasteiger charge is 2.30. The van der Waals surface area contributed by atoms with Crippen molar-refractivity contribution in [1.29, 1.82) is 0 Å². The Bertz CT molecular complexity index is 868. The Morgan fingerprint density at radius 1 is 1.15 bits per heavy atom. The Labute approximate surface area is 242 Å². The third kappa shape index (κ3) is 12.8. The molecule has 9 heteroatoms. The molecule has 1 N–H and O–H groups in total. The normalized spacial score (nSPS) is 16.9. The summed E-state index contributed by atoms with van der Waals surface area (Å²) in [6.45, 7) is 20.7. The monoisotopic (exact) mass is 567 g/mol. The van der Waals surface area contributed by atoms with Crippen LogP contribution in [0.3, 0.4) is 0 Å². The van der Waals surface area contributed by atoms with Gasteiger partial charge in [0.15, 0.2) is 0 Å². The van der Waals surface area contributed by atoms with Crippen LogP contribution in [0.2, 0.25) is 0 Å². The van der Waals surface area contributed by atoms with Gasteiger partial charge in [0.2, 0.25) is 5.78 Å². The van der Waals surface area contributed by atoms with Gasteiger partial charge in [0.1, 0.15) is 24.1 Å². The van der Waals surface area contributed by atoms with E-state index in [2.05, 4.69) is 25.7 Å². The number of methoxy groups -OCH3 is 1. The molecular formula is C31H54FN3O5. The molecule has 0 aromatic rings. The lowest BCUT2D eigenvalue weighted by atomic mass is 10.0. The van der Waals surface area contributed by atoms with Crippen LogP contribution in [0.15, 0.2) is 47.1 Å². The highest BCUT2D eigenvalue weighted by Crippen LogP contribution is 2.31. The fourth-order valence-corrected chi connectivity index (χ4v) is 3.91. The first kappa shape index (κ1) is 37.5. The van der Waals surface area contributed by atoms with Crippen LogP contribution in [-0.2, 0) is 23.8 Å². The molecule has 1 aliphatic heterocycles. The minimum Gasteiger partial charge on any atom is -0.459 e. The minimum absolute atomic E-state index is 0.0806. The molecule has 40 heavy (non-hydrogen) atoms. The Morgan fingerprint density at radius 2 is 1.73 bits per heavy atom. The van der Waals surface area contributed by atoms with E-state index in [1.54, 1.807) is 19.9 Å². The van der Waals surface area contributed by atoms with E-state index in [-0.39, 0.29) is 24.4 Å². The van der Waals surface area contributed by atoms with Crippen LogP contribution in [-0.4, -0.2) is 93.9 Å². The van der Waals surface area contributed by atoms with Gasteiger partial charge in [-0.3, -0.25) is 4.79 Å². The number of rotatable bonds is 14. The standard InChI is InChI=1S/C26H40FN3O5.C3H8.C2H6/c1-7-24(30-13-11-28-12-14-30)23(27)15-22(19(4)29(5)20-9-10-20)25(31)18(3)26(32)35-17-21(16-33-6)34-8-2;1-3-2;1-2/h7,15,20-21,28H,3,8-14,16-17H2,1-2,4-6H3;3H2,1-2H3;1-2H3/b22-19-,23-15+,24-7+;;. The van der Waals surface area contributed by atoms with Crippen LogP contribution < -0.4 is 5.32 Å². The zero-order valence-corrected chi connectivity index (χ0v) is 26.4. The molecule has 2 aliphatic rings. The molecule has 0 aromatic heterocycles. The summed E-state index contributed by atoms with van der Waals surface area (Å²) in [5.41, 5.74) is 0.742. The smallest absolute Gasteiger partial charge is 0.341 e. The molecule has 1 saturated carbocycles. The number of piperazine rings is 1. The number of esters is 1. The van der Waals surface area contributed by atoms with Crippen LogP contribution >= 0.6 is 0 Å². The second kappa shape index (κ2) is 21.3. The van der Waals surface area contributed by atoms with Gasteiger partial charge in [0.05, 0.1) is 12.3 Å². The van der Waals surface area contributed by atoms with Gasteiger partial charge in [-0.2, -0.15) is 0 Å². The summed E-state index contributed by atoms with van der Waals surface area (Å²) in [5, 5.41) is 3.25. The van der Waals surface area contributed by atoms with Crippen molar-refractivity contribution >= 4 is 11.8 Å². The highest BCUT2D eigenvalue weighted by atomic mass is 19.1. The van der Waals surface area contributed by atoms with Gasteiger partial charge in [-0.05, 0) is 39.7 Å². The molecule has 2 rings (SSSR count). The lowest BCUT2D eigenvalue weighted by Gasteiger charge is -2.31. The molecule has 230 valence electrons. The molecule has 0 bridgehead atoms. The summed E-state index contributed by atoms with van der Waals surface area (Å²) >= 11 is 0. The number of carbonyl (C=O) groups is 2. The van der Waals surface area contributed by atoms with Crippen molar-refractivity contribution in [3.8, 4) is 0 Å². The molecule has 1 heterocycles. The van der Waals surface area contributed by atoms with E-state index in [0.29, 0.717) is 37.1 Å². The molecular weight excluding hydrogens is 513 g/mol. The van der Waals surface area contributed by atoms with E-state index in [0.717, 1.165) is 25.9 Å². The second-order valence-electron chi connectivity index (χ2n) is 9.39. The number of hydrogen-bond acceptors (Lipinski definition) is 8. The van der Waals surface area contributed by atoms with Gasteiger partial charge in [0, 0.05) is 64.3 Å². The number of nitrogens with one attached hydrogen (secondary N) is 1. The molecule has 8 nitrogen and oxygen atoms in total. The second-order valence-corrected chi connectivity index (χ2v) is 9.39. The van der Waals surface area contributed by atoms with E-state index in [1.807, 2.05) is 37.6 Å². The number of hydrogen-bond donors (Lipinski definition) is 1. The zero-order valence-electron chi connectivity index (χ0n) is 26.4. The molecule has 2 fully saturated rings. The largest absolute Gasteiger partial charge is 0.459 e. The maximum absolute atomic E-state index is 15.5. The molecule has 1 unspecified atom stereocenters. The van der Waals surface area contributed by atoms with Crippen molar-refractivity contribution in [2.24, 2.45) is 0 Å². The van der Waals surface area contributed by atoms with Gasteiger partial charge in [-0.25, -0.2) is 9.18 Å². The molecule has 0 aromatic carbocycles. The van der Waals surface area contributed by atoms with Gasteiger partial charge in [-0.15, -0.1) is 0 Å². The maximum Gasteiger partial charge on any atom is 0.341 e. The van der Waals surface area contributed by atoms with Crippen molar-refractivity contribution in [2.45, 2.75) is 79.9 Å². The first-order valence-electron chi connectivity index (χ1n) is 14.6. The van der Waals surface area contributed by atoms with E-state index in [1.165, 1.54) is 19.6 Å². The van der Waals surface area contributed by atoms with Crippen molar-refractivity contribution in [1.82, 2.24) is 15.1 Å². The van der Waals surface area contributed by atoms with Crippen molar-refractivity contribution < 1.29 is 28.2 Å². The number of Topliss-reactive ketones (excluding diaryl/α,β-unsaturated/α-hetero) is 1. The summed E-state index contributed by atoms with van der Waals surface area (Å²) in [4.78, 5) is 29.9. The van der Waals surface area contributed by atoms with Crippen LogP contribution in [0.25, 0.3) is 0 Å². The van der Waals surface area contributed by atoms with E-state index >= 15 is 4.39 Å². The van der Waals surface area contributed by atoms with Crippen molar-refractivity contribution in [3.05, 3.63) is 47.1 Å². The summed E-state index contributed by atoms with van der Waals surface area (Å²) in [6.07, 6.45) is 5.72. The Balaban J connectivity index is 0.00000284. The number of nitrogens with zero attached hydrogens (tertiary/aromatic N) is 2. The number of ketones is 1. The molecule has 1 aliphatic carbocycles. The first-order valence-corrected chi connectivity index (χ1v) is 14.6. The van der Waals surface area contributed by atoms with Crippen molar-refractivity contribution in [3.63, 3.8) is 0 Å². The van der Waals surface area contributed by atoms with Crippen LogP contribution in [0.5, 0.6) is 0 Å². The molecule has 1 atom stereocenters. The first-order chi connectivity index (χ1) is 19.2. The predicted octanol–water partition coefficient (Wildman–Crippen LogP) is 5.18. The lowest BCUT2D eigenvalue weighted by Crippen LogP contribution is -2.43. The SMILES string of the molecule is C=C(C(=O)OCC(COC)OCC)C(=O)C(/C=C(F)\C(=C/C)N1CCNCC1)=C(/C)N(C)C1CC1.CC.CCC. The molecule has 0 spiro atoms. The lowest BCUT2D eigenvalue weighted by molar-refractivity contribution is -0.145. The summed E-state index contributed by atoms with van der Waals surface area (Å²) < 4.78 is 31.3. The summed E-state index contributed by atoms with van der Waals surface area (Å²) in [5.74, 6) is -2.05. The number of allylic oxidation sites excluding steroid dienone is 5. The number of ether oxygens (including phenoxy) is 3. The fourth-order valence-electron chi connectivity index (χ4n) is 3.91. The van der Waals surface area contributed by atoms with Crippen LogP contribution in [0, 0.1) is 0 Å². The van der Waals surface area contributed by atoms with E-state index in [9.17, 15) is 9.59 Å². The summed E-state index contributed by atoms with van der Waals surface area (Å²) in [6, 6.07) is 0.296. The maximum atomic E-state index is 15.5. The Hall–Kier alpha value is -2.49. The third-order valence-electron chi connectivity index (χ3n) is 6.18. The van der Waals surface area contributed by atoms with E-state index in [4.69, 9.17) is 14.2 Å². The molecule has 0 amide bonds. The topological polar surface area (TPSA) is 80.3 Å². The van der Waals surface area contributed by atoms with Gasteiger partial charge in [-0.1, -0.05) is 46.8 Å². The average Bonchev–Trinajstić information content (AvgIpc) is 3.81. The van der Waals surface area contributed by atoms with Crippen LogP contribution in [0.4, 0.5) is 4.39 Å². The number of carbonyl (C=O) groups excluding carboxylic acids is 2. The number of halogens is 1. The molecule has 0 radical (unpaired) electrons. The third-order valence-corrected chi connectivity index (χ3v) is 6.18. The Kier molecular flexibility index (Phi) is 20.0. The van der Waals surface area contributed by atoms with Crippen molar-refractivity contribution in [2.75, 3.05) is 60.2 Å². The Morgan fingerprint density at radius 3 is 2.20 bits per heavy atom. The van der Waals surface area contributed by atoms with Gasteiger partial charge >= 0.3 is 5.97 Å². The van der Waals surface area contributed by atoms with E-state index < -0.39 is 23.7 Å². The average molecular weight is 568 g/mol. The van der Waals surface area contributed by atoms with Crippen LogP contribution in [0.1, 0.15) is 67.7 Å².